The van der Waals surface area contributed by atoms with Gasteiger partial charge in [0, 0.05) is 33.7 Å². The highest BCUT2D eigenvalue weighted by Crippen LogP contribution is 2.37. The number of pyridine rings is 3. The van der Waals surface area contributed by atoms with Crippen molar-refractivity contribution in [1.29, 1.82) is 0 Å². The zero-order valence-electron chi connectivity index (χ0n) is 24.7. The predicted octanol–water partition coefficient (Wildman–Crippen LogP) is 9.94. The van der Waals surface area contributed by atoms with Gasteiger partial charge in [0.2, 0.25) is 0 Å². The second kappa shape index (κ2) is 10.7. The predicted molar refractivity (Wildman–Crippen MR) is 187 cm³/mol. The minimum Gasteiger partial charge on any atom is -0.255 e. The first-order valence-electron chi connectivity index (χ1n) is 15.3. The Hall–Kier alpha value is -6.33. The van der Waals surface area contributed by atoms with Crippen LogP contribution in [0, 0.1) is 0 Å². The molecule has 0 bridgehead atoms. The van der Waals surface area contributed by atoms with Crippen LogP contribution >= 0.6 is 0 Å². The van der Waals surface area contributed by atoms with Crippen molar-refractivity contribution >= 4 is 43.6 Å². The molecule has 0 saturated heterocycles. The molecule has 0 fully saturated rings. The summed E-state index contributed by atoms with van der Waals surface area (Å²) in [6.07, 6.45) is 1.79. The minimum absolute atomic E-state index is 0.828. The molecule has 4 heterocycles. The van der Waals surface area contributed by atoms with Crippen molar-refractivity contribution < 1.29 is 0 Å². The molecule has 0 unspecified atom stereocenters. The van der Waals surface area contributed by atoms with Crippen LogP contribution in [0.5, 0.6) is 0 Å². The molecular weight excluding hydrogens is 562 g/mol. The van der Waals surface area contributed by atoms with Crippen LogP contribution in [-0.2, 0) is 0 Å². The topological polar surface area (TPSA) is 64.5 Å². The molecule has 0 spiro atoms. The fourth-order valence-electron chi connectivity index (χ4n) is 6.21. The normalized spacial score (nSPS) is 11.5. The first-order chi connectivity index (χ1) is 22.8. The molecule has 0 atom stereocenters. The summed E-state index contributed by atoms with van der Waals surface area (Å²) in [5, 5.41) is 4.31. The fourth-order valence-corrected chi connectivity index (χ4v) is 6.21. The molecule has 5 nitrogen and oxygen atoms in total. The summed E-state index contributed by atoms with van der Waals surface area (Å²) >= 11 is 0. The highest BCUT2D eigenvalue weighted by molar-refractivity contribution is 6.05. The van der Waals surface area contributed by atoms with E-state index in [1.165, 1.54) is 0 Å². The van der Waals surface area contributed by atoms with Gasteiger partial charge in [-0.3, -0.25) is 4.98 Å². The average molecular weight is 588 g/mol. The fraction of sp³-hybridized carbons (Fsp3) is 0. The summed E-state index contributed by atoms with van der Waals surface area (Å²) in [4.78, 5) is 25.1. The maximum Gasteiger partial charge on any atom is 0.0979 e. The van der Waals surface area contributed by atoms with Gasteiger partial charge in [-0.2, -0.15) is 0 Å². The first-order valence-corrected chi connectivity index (χ1v) is 15.3. The highest BCUT2D eigenvalue weighted by Gasteiger charge is 2.16. The number of hydrogen-bond donors (Lipinski definition) is 0. The summed E-state index contributed by atoms with van der Waals surface area (Å²) in [5.74, 6) is 0. The van der Waals surface area contributed by atoms with Crippen LogP contribution in [-0.4, -0.2) is 24.9 Å². The van der Waals surface area contributed by atoms with Crippen LogP contribution < -0.4 is 0 Å². The summed E-state index contributed by atoms with van der Waals surface area (Å²) in [6, 6.07) is 49.7. The first kappa shape index (κ1) is 26.1. The van der Waals surface area contributed by atoms with Crippen molar-refractivity contribution in [2.75, 3.05) is 0 Å². The number of hydrogen-bond acceptors (Lipinski definition) is 5. The molecule has 0 amide bonds. The van der Waals surface area contributed by atoms with Crippen molar-refractivity contribution in [2.24, 2.45) is 0 Å². The maximum atomic E-state index is 5.21. The molecule has 0 aliphatic heterocycles. The van der Waals surface area contributed by atoms with Gasteiger partial charge >= 0.3 is 0 Å². The Bertz CT molecular complexity index is 2580. The smallest absolute Gasteiger partial charge is 0.0979 e. The van der Waals surface area contributed by atoms with Crippen LogP contribution in [0.2, 0.25) is 0 Å². The molecule has 4 aromatic heterocycles. The summed E-state index contributed by atoms with van der Waals surface area (Å²) in [5.41, 5.74) is 10.8. The third kappa shape index (κ3) is 4.45. The largest absolute Gasteiger partial charge is 0.255 e. The van der Waals surface area contributed by atoms with Gasteiger partial charge in [0.05, 0.1) is 50.5 Å². The van der Waals surface area contributed by atoms with Crippen molar-refractivity contribution in [2.45, 2.75) is 0 Å². The van der Waals surface area contributed by atoms with E-state index >= 15 is 0 Å². The summed E-state index contributed by atoms with van der Waals surface area (Å²) in [6.45, 7) is 0. The molecule has 5 heteroatoms. The lowest BCUT2D eigenvalue weighted by Crippen LogP contribution is -1.96. The van der Waals surface area contributed by atoms with Crippen LogP contribution in [0.15, 0.2) is 152 Å². The van der Waals surface area contributed by atoms with E-state index in [4.69, 9.17) is 19.9 Å². The second-order valence-corrected chi connectivity index (χ2v) is 11.3. The van der Waals surface area contributed by atoms with E-state index in [2.05, 4.69) is 83.8 Å². The quantitative estimate of drug-likeness (QED) is 0.192. The van der Waals surface area contributed by atoms with E-state index in [1.54, 1.807) is 6.20 Å². The van der Waals surface area contributed by atoms with Crippen molar-refractivity contribution in [3.05, 3.63) is 152 Å². The maximum absolute atomic E-state index is 5.21. The van der Waals surface area contributed by atoms with Gasteiger partial charge in [-0.05, 0) is 53.2 Å². The highest BCUT2D eigenvalue weighted by atomic mass is 14.8. The molecule has 214 valence electrons. The number of benzene rings is 5. The Morgan fingerprint density at radius 3 is 1.78 bits per heavy atom. The number of rotatable bonds is 4. The number of para-hydroxylation sites is 2. The average Bonchev–Trinajstić information content (AvgIpc) is 3.14. The zero-order valence-corrected chi connectivity index (χ0v) is 24.7. The van der Waals surface area contributed by atoms with Crippen LogP contribution in [0.25, 0.3) is 88.8 Å². The zero-order chi connectivity index (χ0) is 30.5. The Labute approximate surface area is 264 Å². The molecular formula is C41H25N5. The second-order valence-electron chi connectivity index (χ2n) is 11.3. The molecule has 0 radical (unpaired) electrons. The van der Waals surface area contributed by atoms with Gasteiger partial charge in [-0.15, -0.1) is 0 Å². The molecule has 46 heavy (non-hydrogen) atoms. The van der Waals surface area contributed by atoms with E-state index in [9.17, 15) is 0 Å². The molecule has 9 rings (SSSR count). The Morgan fingerprint density at radius 1 is 0.370 bits per heavy atom. The molecule has 0 N–H and O–H groups in total. The monoisotopic (exact) mass is 587 g/mol. The molecule has 5 aromatic carbocycles. The summed E-state index contributed by atoms with van der Waals surface area (Å²) in [7, 11) is 0. The van der Waals surface area contributed by atoms with E-state index < -0.39 is 0 Å². The SMILES string of the molecule is c1ccc(-c2nc3ccccc3nc2-c2cccc3ccc(-c4ccc5ccc6ccc(-c7ccccn7)nc6c5n4)cc23)cc1. The number of nitrogens with zero attached hydrogens (tertiary/aromatic N) is 5. The van der Waals surface area contributed by atoms with Crippen LogP contribution in [0.4, 0.5) is 0 Å². The van der Waals surface area contributed by atoms with Gasteiger partial charge in [0.1, 0.15) is 0 Å². The summed E-state index contributed by atoms with van der Waals surface area (Å²) < 4.78 is 0. The van der Waals surface area contributed by atoms with Crippen LogP contribution in [0.3, 0.4) is 0 Å². The Kier molecular flexibility index (Phi) is 6.06. The lowest BCUT2D eigenvalue weighted by molar-refractivity contribution is 1.27. The van der Waals surface area contributed by atoms with Gasteiger partial charge < -0.3 is 0 Å². The van der Waals surface area contributed by atoms with E-state index in [0.29, 0.717) is 0 Å². The van der Waals surface area contributed by atoms with E-state index in [1.807, 2.05) is 66.7 Å². The Balaban J connectivity index is 1.24. The minimum atomic E-state index is 0.828. The molecule has 0 aliphatic rings. The van der Waals surface area contributed by atoms with E-state index in [-0.39, 0.29) is 0 Å². The molecule has 9 aromatic rings. The standard InChI is InChI=1S/C41H25N5/c1-2-9-27(10-3-1)40-41(46-36-15-5-4-14-35(36)44-40)31-12-8-11-26-16-19-30(25-32(26)31)33-22-20-28-17-18-29-21-23-37(34-13-6-7-24-42-34)45-39(29)38(28)43-33/h1-25H. The van der Waals surface area contributed by atoms with Crippen LogP contribution in [0.1, 0.15) is 0 Å². The van der Waals surface area contributed by atoms with Crippen molar-refractivity contribution in [3.63, 3.8) is 0 Å². The molecule has 0 saturated carbocycles. The third-order valence-corrected chi connectivity index (χ3v) is 8.50. The van der Waals surface area contributed by atoms with Gasteiger partial charge in [-0.1, -0.05) is 103 Å². The van der Waals surface area contributed by atoms with Crippen molar-refractivity contribution in [3.8, 4) is 45.2 Å². The number of aromatic nitrogens is 5. The third-order valence-electron chi connectivity index (χ3n) is 8.50. The lowest BCUT2D eigenvalue weighted by Gasteiger charge is -2.14. The molecule has 0 aliphatic carbocycles. The number of fused-ring (bicyclic) bond motifs is 5. The Morgan fingerprint density at radius 2 is 1.02 bits per heavy atom. The lowest BCUT2D eigenvalue weighted by atomic mass is 9.95. The van der Waals surface area contributed by atoms with Gasteiger partial charge in [-0.25, -0.2) is 19.9 Å². The van der Waals surface area contributed by atoms with Crippen molar-refractivity contribution in [1.82, 2.24) is 24.9 Å². The van der Waals surface area contributed by atoms with E-state index in [0.717, 1.165) is 88.8 Å². The van der Waals surface area contributed by atoms with Gasteiger partial charge in [0.15, 0.2) is 0 Å². The van der Waals surface area contributed by atoms with Gasteiger partial charge in [0.25, 0.3) is 0 Å².